The fourth-order valence-electron chi connectivity index (χ4n) is 4.88. The topological polar surface area (TPSA) is 79.9 Å². The first-order valence-corrected chi connectivity index (χ1v) is 11.8. The van der Waals surface area contributed by atoms with Crippen molar-refractivity contribution in [2.75, 3.05) is 12.1 Å². The number of anilines is 1. The fourth-order valence-corrected chi connectivity index (χ4v) is 4.88. The normalized spacial score (nSPS) is 11.3. The van der Waals surface area contributed by atoms with E-state index in [4.69, 9.17) is 5.11 Å². The van der Waals surface area contributed by atoms with Crippen LogP contribution in [0.4, 0.5) is 17.3 Å². The molecule has 4 rings (SSSR count). The predicted molar refractivity (Wildman–Crippen MR) is 142 cm³/mol. The maximum absolute atomic E-state index is 11.0. The number of nitro benzene ring substituents is 1. The summed E-state index contributed by atoms with van der Waals surface area (Å²) in [5, 5.41) is 21.8. The summed E-state index contributed by atoms with van der Waals surface area (Å²) < 4.78 is 4.13. The Morgan fingerprint density at radius 3 is 1.92 bits per heavy atom. The first-order chi connectivity index (χ1) is 17.1. The first kappa shape index (κ1) is 24.8. The van der Waals surface area contributed by atoms with Gasteiger partial charge >= 0.3 is 5.95 Å². The number of nitro groups is 1. The Bertz CT molecular complexity index is 1360. The third kappa shape index (κ3) is 4.75. The second-order valence-electron chi connectivity index (χ2n) is 9.32. The molecular weight excluding hydrogens is 452 g/mol. The monoisotopic (exact) mass is 483 g/mol. The van der Waals surface area contributed by atoms with Gasteiger partial charge in [-0.3, -0.25) is 10.1 Å². The largest absolute Gasteiger partial charge is 0.433 e. The third-order valence-corrected chi connectivity index (χ3v) is 6.25. The molecule has 0 bridgehead atoms. The Morgan fingerprint density at radius 1 is 0.861 bits per heavy atom. The number of aryl methyl sites for hydroxylation is 6. The van der Waals surface area contributed by atoms with Gasteiger partial charge in [0.25, 0.3) is 5.69 Å². The molecule has 0 aliphatic rings. The van der Waals surface area contributed by atoms with E-state index in [1.807, 2.05) is 12.4 Å². The molecular formula is C28H31N6O2+. The summed E-state index contributed by atoms with van der Waals surface area (Å²) in [6.45, 7) is 12.6. The van der Waals surface area contributed by atoms with Crippen LogP contribution in [0.5, 0.6) is 0 Å². The van der Waals surface area contributed by atoms with Crippen LogP contribution < -0.4 is 9.58 Å². The molecule has 8 heteroatoms. The molecule has 0 aliphatic carbocycles. The quantitative estimate of drug-likeness (QED) is 0.133. The summed E-state index contributed by atoms with van der Waals surface area (Å²) in [5.74, 6) is 0.647. The van der Waals surface area contributed by atoms with Crippen LogP contribution in [0, 0.1) is 51.7 Å². The molecule has 1 aromatic heterocycles. The molecule has 184 valence electrons. The van der Waals surface area contributed by atoms with Crippen LogP contribution in [0.15, 0.2) is 71.3 Å². The van der Waals surface area contributed by atoms with Crippen molar-refractivity contribution in [1.82, 2.24) is 4.57 Å². The lowest BCUT2D eigenvalue weighted by Crippen LogP contribution is -2.31. The number of imidazole rings is 1. The van der Waals surface area contributed by atoms with Gasteiger partial charge in [-0.25, -0.2) is 5.01 Å². The Hall–Kier alpha value is -4.33. The summed E-state index contributed by atoms with van der Waals surface area (Å²) >= 11 is 0. The van der Waals surface area contributed by atoms with Gasteiger partial charge in [-0.15, -0.1) is 0 Å². The van der Waals surface area contributed by atoms with E-state index in [9.17, 15) is 10.1 Å². The minimum atomic E-state index is -0.417. The Morgan fingerprint density at radius 2 is 1.39 bits per heavy atom. The molecule has 0 fully saturated rings. The van der Waals surface area contributed by atoms with Crippen molar-refractivity contribution in [2.24, 2.45) is 10.3 Å². The predicted octanol–water partition coefficient (Wildman–Crippen LogP) is 6.65. The van der Waals surface area contributed by atoms with Gasteiger partial charge in [0.05, 0.1) is 15.7 Å². The Balaban J connectivity index is 1.87. The van der Waals surface area contributed by atoms with E-state index >= 15 is 0 Å². The SMILES string of the molecule is Cc1cc(C)c(-n2cc[n+](-c3c(C)cc(C)cc3C)c2/N=N/N(C)c2ccc([N+](=O)[O-])cc2)c(C)c1. The van der Waals surface area contributed by atoms with Crippen LogP contribution in [0.2, 0.25) is 0 Å². The van der Waals surface area contributed by atoms with Crippen molar-refractivity contribution in [3.05, 3.63) is 104 Å². The smallest absolute Gasteiger partial charge is 0.258 e. The molecule has 3 aromatic carbocycles. The van der Waals surface area contributed by atoms with E-state index in [0.29, 0.717) is 11.6 Å². The van der Waals surface area contributed by atoms with Gasteiger partial charge in [-0.2, -0.15) is 9.13 Å². The highest BCUT2D eigenvalue weighted by Gasteiger charge is 2.25. The maximum Gasteiger partial charge on any atom is 0.433 e. The Kier molecular flexibility index (Phi) is 6.70. The van der Waals surface area contributed by atoms with Gasteiger partial charge < -0.3 is 0 Å². The average Bonchev–Trinajstić information content (AvgIpc) is 3.19. The standard InChI is InChI=1S/C28H31N6O2/c1-18-14-20(3)26(21(4)15-18)32-12-13-33(27-22(5)16-19(2)17-23(27)6)28(32)29-30-31(7)24-8-10-25(11-9-24)34(35)36/h8-17H,1-7H3/q+1. The second-order valence-corrected chi connectivity index (χ2v) is 9.32. The molecule has 0 N–H and O–H groups in total. The molecule has 0 amide bonds. The summed E-state index contributed by atoms with van der Waals surface area (Å²) in [7, 11) is 1.77. The third-order valence-electron chi connectivity index (χ3n) is 6.25. The lowest BCUT2D eigenvalue weighted by atomic mass is 10.0. The van der Waals surface area contributed by atoms with E-state index in [1.165, 1.54) is 23.3 Å². The molecule has 0 aliphatic heterocycles. The average molecular weight is 484 g/mol. The number of hydrogen-bond acceptors (Lipinski definition) is 4. The Labute approximate surface area is 211 Å². The summed E-state index contributed by atoms with van der Waals surface area (Å²) in [6.07, 6.45) is 4.03. The van der Waals surface area contributed by atoms with Crippen molar-refractivity contribution in [3.8, 4) is 11.4 Å². The van der Waals surface area contributed by atoms with Gasteiger partial charge in [-0.1, -0.05) is 35.4 Å². The molecule has 0 spiro atoms. The van der Waals surface area contributed by atoms with E-state index in [-0.39, 0.29) is 5.69 Å². The number of rotatable bonds is 6. The number of aromatic nitrogens is 2. The lowest BCUT2D eigenvalue weighted by molar-refractivity contribution is -0.581. The fraction of sp³-hybridized carbons (Fsp3) is 0.250. The molecule has 0 radical (unpaired) electrons. The van der Waals surface area contributed by atoms with Crippen molar-refractivity contribution in [3.63, 3.8) is 0 Å². The highest BCUT2D eigenvalue weighted by Crippen LogP contribution is 2.28. The first-order valence-electron chi connectivity index (χ1n) is 11.8. The van der Waals surface area contributed by atoms with Crippen LogP contribution in [-0.4, -0.2) is 16.5 Å². The molecule has 4 aromatic rings. The summed E-state index contributed by atoms with van der Waals surface area (Å²) in [5.41, 5.74) is 9.86. The van der Waals surface area contributed by atoms with Crippen molar-refractivity contribution in [2.45, 2.75) is 41.5 Å². The van der Waals surface area contributed by atoms with E-state index in [2.05, 4.69) is 80.2 Å². The van der Waals surface area contributed by atoms with E-state index in [1.54, 1.807) is 24.2 Å². The highest BCUT2D eigenvalue weighted by atomic mass is 16.6. The van der Waals surface area contributed by atoms with Gasteiger partial charge in [0, 0.05) is 24.4 Å². The number of non-ortho nitro benzene ring substituents is 1. The van der Waals surface area contributed by atoms with E-state index < -0.39 is 4.92 Å². The minimum Gasteiger partial charge on any atom is -0.258 e. The molecule has 8 nitrogen and oxygen atoms in total. The molecule has 0 saturated heterocycles. The van der Waals surface area contributed by atoms with Gasteiger partial charge in [0.2, 0.25) is 0 Å². The zero-order valence-electron chi connectivity index (χ0n) is 21.8. The highest BCUT2D eigenvalue weighted by molar-refractivity contribution is 5.53. The summed E-state index contributed by atoms with van der Waals surface area (Å²) in [6, 6.07) is 14.9. The van der Waals surface area contributed by atoms with Crippen LogP contribution >= 0.6 is 0 Å². The van der Waals surface area contributed by atoms with Gasteiger partial charge in [0.1, 0.15) is 23.8 Å². The molecule has 36 heavy (non-hydrogen) atoms. The number of hydrogen-bond donors (Lipinski definition) is 0. The second kappa shape index (κ2) is 9.73. The van der Waals surface area contributed by atoms with Crippen LogP contribution in [0.25, 0.3) is 11.4 Å². The molecule has 0 atom stereocenters. The zero-order valence-corrected chi connectivity index (χ0v) is 21.8. The van der Waals surface area contributed by atoms with Crippen LogP contribution in [-0.2, 0) is 0 Å². The number of nitrogens with zero attached hydrogens (tertiary/aromatic N) is 6. The lowest BCUT2D eigenvalue weighted by Gasteiger charge is -2.12. The van der Waals surface area contributed by atoms with Crippen molar-refractivity contribution in [1.29, 1.82) is 0 Å². The van der Waals surface area contributed by atoms with Crippen LogP contribution in [0.1, 0.15) is 33.4 Å². The zero-order chi connectivity index (χ0) is 26.1. The molecule has 0 saturated carbocycles. The maximum atomic E-state index is 11.0. The van der Waals surface area contributed by atoms with Crippen molar-refractivity contribution < 1.29 is 9.49 Å². The van der Waals surface area contributed by atoms with E-state index in [0.717, 1.165) is 33.6 Å². The molecule has 0 unspecified atom stereocenters. The summed E-state index contributed by atoms with van der Waals surface area (Å²) in [4.78, 5) is 10.6. The van der Waals surface area contributed by atoms with Gasteiger partial charge in [0.15, 0.2) is 0 Å². The minimum absolute atomic E-state index is 0.0337. The van der Waals surface area contributed by atoms with Crippen LogP contribution in [0.3, 0.4) is 0 Å². The molecule has 1 heterocycles. The number of benzene rings is 3. The van der Waals surface area contributed by atoms with Gasteiger partial charge in [-0.05, 0) is 75.9 Å². The van der Waals surface area contributed by atoms with Crippen molar-refractivity contribution >= 4 is 17.3 Å².